The predicted octanol–water partition coefficient (Wildman–Crippen LogP) is 5.27. The van der Waals surface area contributed by atoms with Gasteiger partial charge in [0.2, 0.25) is 6.10 Å². The van der Waals surface area contributed by atoms with Crippen molar-refractivity contribution in [2.24, 2.45) is 0 Å². The van der Waals surface area contributed by atoms with Crippen LogP contribution in [0.5, 0.6) is 11.5 Å². The Morgan fingerprint density at radius 2 is 1.74 bits per heavy atom. The monoisotopic (exact) mass is 397 g/mol. The fourth-order valence-corrected chi connectivity index (χ4v) is 3.74. The third-order valence-corrected chi connectivity index (χ3v) is 5.29. The number of ether oxygens (including phenoxy) is 2. The van der Waals surface area contributed by atoms with Crippen molar-refractivity contribution in [1.82, 2.24) is 0 Å². The summed E-state index contributed by atoms with van der Waals surface area (Å²) >= 11 is 7.69. The number of hydrogen-bond donors (Lipinski definition) is 1. The van der Waals surface area contributed by atoms with Crippen LogP contribution in [0.4, 0.5) is 5.69 Å². The molecule has 0 aromatic heterocycles. The Morgan fingerprint density at radius 3 is 2.56 bits per heavy atom. The Hall–Kier alpha value is -2.63. The van der Waals surface area contributed by atoms with E-state index in [2.05, 4.69) is 5.32 Å². The standard InChI is InChI=1S/C21H16ClNO3S/c22-14-10-11-20(27-15-6-2-1-3-7-15)16(12-14)23-21(24)19-13-25-17-8-4-5-9-18(17)26-19/h1-12,19H,13H2,(H,23,24). The summed E-state index contributed by atoms with van der Waals surface area (Å²) in [5.74, 6) is 0.931. The van der Waals surface area contributed by atoms with Gasteiger partial charge in [-0.3, -0.25) is 4.79 Å². The number of carbonyl (C=O) groups is 1. The lowest BCUT2D eigenvalue weighted by Gasteiger charge is -2.25. The third kappa shape index (κ3) is 4.21. The number of nitrogens with one attached hydrogen (secondary N) is 1. The van der Waals surface area contributed by atoms with E-state index < -0.39 is 6.10 Å². The highest BCUT2D eigenvalue weighted by molar-refractivity contribution is 7.99. The lowest BCUT2D eigenvalue weighted by atomic mass is 10.2. The first-order chi connectivity index (χ1) is 13.2. The molecule has 0 aliphatic carbocycles. The quantitative estimate of drug-likeness (QED) is 0.651. The van der Waals surface area contributed by atoms with Crippen LogP contribution in [0.2, 0.25) is 5.02 Å². The first kappa shape index (κ1) is 17.8. The summed E-state index contributed by atoms with van der Waals surface area (Å²) in [7, 11) is 0. The van der Waals surface area contributed by atoms with Crippen LogP contribution in [0.1, 0.15) is 0 Å². The molecule has 0 saturated heterocycles. The van der Waals surface area contributed by atoms with E-state index in [4.69, 9.17) is 21.1 Å². The minimum atomic E-state index is -0.728. The molecule has 4 nitrogen and oxygen atoms in total. The number of carbonyl (C=O) groups excluding carboxylic acids is 1. The zero-order valence-electron chi connectivity index (χ0n) is 14.2. The number of fused-ring (bicyclic) bond motifs is 1. The summed E-state index contributed by atoms with van der Waals surface area (Å²) in [4.78, 5) is 14.7. The second-order valence-corrected chi connectivity index (χ2v) is 7.46. The van der Waals surface area contributed by atoms with Gasteiger partial charge in [0.25, 0.3) is 5.91 Å². The van der Waals surface area contributed by atoms with Gasteiger partial charge in [-0.1, -0.05) is 53.7 Å². The van der Waals surface area contributed by atoms with Crippen LogP contribution >= 0.6 is 23.4 Å². The van der Waals surface area contributed by atoms with E-state index in [0.29, 0.717) is 22.2 Å². The molecule has 1 heterocycles. The lowest BCUT2D eigenvalue weighted by Crippen LogP contribution is -2.40. The normalized spacial score (nSPS) is 15.2. The number of halogens is 1. The molecule has 1 unspecified atom stereocenters. The van der Waals surface area contributed by atoms with Crippen molar-refractivity contribution in [3.63, 3.8) is 0 Å². The molecule has 0 spiro atoms. The minimum Gasteiger partial charge on any atom is -0.485 e. The van der Waals surface area contributed by atoms with Gasteiger partial charge in [-0.25, -0.2) is 0 Å². The van der Waals surface area contributed by atoms with Crippen molar-refractivity contribution in [2.45, 2.75) is 15.9 Å². The Kier molecular flexibility index (Phi) is 5.23. The van der Waals surface area contributed by atoms with Crippen LogP contribution in [-0.2, 0) is 4.79 Å². The number of para-hydroxylation sites is 2. The summed E-state index contributed by atoms with van der Waals surface area (Å²) in [6, 6.07) is 22.7. The second-order valence-electron chi connectivity index (χ2n) is 5.91. The Labute approximate surface area is 166 Å². The Morgan fingerprint density at radius 1 is 1.00 bits per heavy atom. The van der Waals surface area contributed by atoms with Crippen molar-refractivity contribution < 1.29 is 14.3 Å². The molecule has 6 heteroatoms. The number of amides is 1. The topological polar surface area (TPSA) is 47.6 Å². The van der Waals surface area contributed by atoms with E-state index in [1.807, 2.05) is 54.6 Å². The van der Waals surface area contributed by atoms with Crippen molar-refractivity contribution in [3.8, 4) is 11.5 Å². The predicted molar refractivity (Wildman–Crippen MR) is 107 cm³/mol. The van der Waals surface area contributed by atoms with Gasteiger partial charge in [0.1, 0.15) is 6.61 Å². The van der Waals surface area contributed by atoms with Gasteiger partial charge in [0.05, 0.1) is 5.69 Å². The molecule has 0 fully saturated rings. The maximum atomic E-state index is 12.7. The highest BCUT2D eigenvalue weighted by Gasteiger charge is 2.27. The SMILES string of the molecule is O=C(Nc1cc(Cl)ccc1Sc1ccccc1)C1COc2ccccc2O1. The number of benzene rings is 3. The van der Waals surface area contributed by atoms with E-state index in [1.54, 1.807) is 30.0 Å². The minimum absolute atomic E-state index is 0.157. The van der Waals surface area contributed by atoms with Gasteiger partial charge in [-0.2, -0.15) is 0 Å². The molecular formula is C21H16ClNO3S. The van der Waals surface area contributed by atoms with Crippen molar-refractivity contribution in [3.05, 3.63) is 77.8 Å². The first-order valence-corrected chi connectivity index (χ1v) is 9.60. The zero-order valence-corrected chi connectivity index (χ0v) is 15.8. The summed E-state index contributed by atoms with van der Waals surface area (Å²) in [6.07, 6.45) is -0.728. The van der Waals surface area contributed by atoms with Gasteiger partial charge in [0, 0.05) is 14.8 Å². The van der Waals surface area contributed by atoms with Crippen molar-refractivity contribution in [1.29, 1.82) is 0 Å². The zero-order chi connectivity index (χ0) is 18.6. The largest absolute Gasteiger partial charge is 0.485 e. The number of rotatable bonds is 4. The summed E-state index contributed by atoms with van der Waals surface area (Å²) in [5.41, 5.74) is 0.642. The van der Waals surface area contributed by atoms with Gasteiger partial charge in [-0.15, -0.1) is 0 Å². The molecule has 1 amide bonds. The molecule has 0 bridgehead atoms. The maximum Gasteiger partial charge on any atom is 0.269 e. The highest BCUT2D eigenvalue weighted by atomic mass is 35.5. The van der Waals surface area contributed by atoms with Crippen LogP contribution < -0.4 is 14.8 Å². The molecule has 1 aliphatic rings. The molecule has 4 rings (SSSR count). The third-order valence-electron chi connectivity index (χ3n) is 3.97. The molecule has 27 heavy (non-hydrogen) atoms. The number of hydrogen-bond acceptors (Lipinski definition) is 4. The molecule has 0 radical (unpaired) electrons. The van der Waals surface area contributed by atoms with Crippen LogP contribution in [0.25, 0.3) is 0 Å². The molecule has 136 valence electrons. The Balaban J connectivity index is 1.52. The van der Waals surface area contributed by atoms with E-state index in [0.717, 1.165) is 9.79 Å². The average molecular weight is 398 g/mol. The lowest BCUT2D eigenvalue weighted by molar-refractivity contribution is -0.125. The molecule has 3 aromatic rings. The molecule has 1 atom stereocenters. The van der Waals surface area contributed by atoms with Crippen LogP contribution in [-0.4, -0.2) is 18.6 Å². The summed E-state index contributed by atoms with van der Waals surface area (Å²) in [5, 5.41) is 3.47. The van der Waals surface area contributed by atoms with E-state index in [1.165, 1.54) is 0 Å². The van der Waals surface area contributed by atoms with Crippen LogP contribution in [0, 0.1) is 0 Å². The first-order valence-electron chi connectivity index (χ1n) is 8.41. The Bertz CT molecular complexity index is 965. The molecular weight excluding hydrogens is 382 g/mol. The van der Waals surface area contributed by atoms with Gasteiger partial charge in [-0.05, 0) is 42.5 Å². The second kappa shape index (κ2) is 7.94. The fraction of sp³-hybridized carbons (Fsp3) is 0.0952. The molecule has 1 aliphatic heterocycles. The molecule has 0 saturated carbocycles. The van der Waals surface area contributed by atoms with E-state index >= 15 is 0 Å². The molecule has 1 N–H and O–H groups in total. The summed E-state index contributed by atoms with van der Waals surface area (Å²) < 4.78 is 11.4. The van der Waals surface area contributed by atoms with Crippen LogP contribution in [0.15, 0.2) is 82.6 Å². The smallest absolute Gasteiger partial charge is 0.269 e. The highest BCUT2D eigenvalue weighted by Crippen LogP contribution is 2.36. The van der Waals surface area contributed by atoms with Gasteiger partial charge in [0.15, 0.2) is 11.5 Å². The molecule has 3 aromatic carbocycles. The maximum absolute atomic E-state index is 12.7. The van der Waals surface area contributed by atoms with Gasteiger partial charge < -0.3 is 14.8 Å². The van der Waals surface area contributed by atoms with Crippen molar-refractivity contribution >= 4 is 35.0 Å². The average Bonchev–Trinajstić information content (AvgIpc) is 2.70. The number of anilines is 1. The van der Waals surface area contributed by atoms with Gasteiger partial charge >= 0.3 is 0 Å². The van der Waals surface area contributed by atoms with Crippen LogP contribution in [0.3, 0.4) is 0 Å². The van der Waals surface area contributed by atoms with Crippen molar-refractivity contribution in [2.75, 3.05) is 11.9 Å². The fourth-order valence-electron chi connectivity index (χ4n) is 2.67. The van der Waals surface area contributed by atoms with E-state index in [-0.39, 0.29) is 12.5 Å². The summed E-state index contributed by atoms with van der Waals surface area (Å²) in [6.45, 7) is 0.157. The van der Waals surface area contributed by atoms with E-state index in [9.17, 15) is 4.79 Å².